The number of rotatable bonds is 4. The van der Waals surface area contributed by atoms with Crippen LogP contribution in [-0.4, -0.2) is 11.2 Å². The van der Waals surface area contributed by atoms with Crippen LogP contribution in [0, 0.1) is 0 Å². The molecule has 0 aliphatic heterocycles. The number of aliphatic hydroxyl groups excluding tert-OH is 1. The third-order valence-corrected chi connectivity index (χ3v) is 4.44. The molecule has 2 aromatic carbocycles. The Morgan fingerprint density at radius 3 is 2.60 bits per heavy atom. The van der Waals surface area contributed by atoms with Crippen LogP contribution in [0.2, 0.25) is 0 Å². The summed E-state index contributed by atoms with van der Waals surface area (Å²) in [5.74, 6) is 0.831. The lowest BCUT2D eigenvalue weighted by Crippen LogP contribution is -2.02. The standard InChI is InChI=1S/C16H14Br2O2/c17-11-4-7-14(15(18)9-11)16(19)10-2-1-3-13(8-10)20-12-5-6-12/h1-4,7-9,12,16,19H,5-6H2. The highest BCUT2D eigenvalue weighted by molar-refractivity contribution is 9.11. The summed E-state index contributed by atoms with van der Waals surface area (Å²) < 4.78 is 7.63. The monoisotopic (exact) mass is 396 g/mol. The van der Waals surface area contributed by atoms with Crippen LogP contribution >= 0.6 is 31.9 Å². The van der Waals surface area contributed by atoms with Gasteiger partial charge in [-0.3, -0.25) is 0 Å². The van der Waals surface area contributed by atoms with E-state index in [0.29, 0.717) is 6.10 Å². The molecule has 3 rings (SSSR count). The highest BCUT2D eigenvalue weighted by Gasteiger charge is 2.24. The van der Waals surface area contributed by atoms with E-state index in [4.69, 9.17) is 4.74 Å². The Morgan fingerprint density at radius 2 is 1.90 bits per heavy atom. The Hall–Kier alpha value is -0.840. The van der Waals surface area contributed by atoms with E-state index in [9.17, 15) is 5.11 Å². The van der Waals surface area contributed by atoms with Gasteiger partial charge < -0.3 is 9.84 Å². The van der Waals surface area contributed by atoms with Crippen LogP contribution in [0.1, 0.15) is 30.1 Å². The lowest BCUT2D eigenvalue weighted by molar-refractivity contribution is 0.218. The SMILES string of the molecule is OC(c1cccc(OC2CC2)c1)c1ccc(Br)cc1Br. The maximum Gasteiger partial charge on any atom is 0.120 e. The molecule has 104 valence electrons. The van der Waals surface area contributed by atoms with E-state index in [2.05, 4.69) is 31.9 Å². The van der Waals surface area contributed by atoms with Crippen LogP contribution in [0.25, 0.3) is 0 Å². The summed E-state index contributed by atoms with van der Waals surface area (Å²) in [5.41, 5.74) is 1.68. The molecule has 0 radical (unpaired) electrons. The van der Waals surface area contributed by atoms with Crippen LogP contribution in [0.4, 0.5) is 0 Å². The number of hydrogen-bond donors (Lipinski definition) is 1. The lowest BCUT2D eigenvalue weighted by Gasteiger charge is -2.15. The van der Waals surface area contributed by atoms with Crippen LogP contribution in [0.15, 0.2) is 51.4 Å². The van der Waals surface area contributed by atoms with Crippen LogP contribution < -0.4 is 4.74 Å². The second-order valence-electron chi connectivity index (χ2n) is 4.96. The summed E-state index contributed by atoms with van der Waals surface area (Å²) in [5, 5.41) is 10.5. The second kappa shape index (κ2) is 5.88. The van der Waals surface area contributed by atoms with Gasteiger partial charge in [0, 0.05) is 8.95 Å². The number of benzene rings is 2. The van der Waals surface area contributed by atoms with Gasteiger partial charge in [0.2, 0.25) is 0 Å². The zero-order chi connectivity index (χ0) is 14.1. The van der Waals surface area contributed by atoms with E-state index >= 15 is 0 Å². The molecule has 1 aliphatic carbocycles. The second-order valence-corrected chi connectivity index (χ2v) is 6.73. The molecular weight excluding hydrogens is 384 g/mol. The van der Waals surface area contributed by atoms with Gasteiger partial charge in [-0.1, -0.05) is 50.1 Å². The molecule has 1 fully saturated rings. The van der Waals surface area contributed by atoms with Gasteiger partial charge in [0.05, 0.1) is 6.10 Å². The average molecular weight is 398 g/mol. The number of ether oxygens (including phenoxy) is 1. The first kappa shape index (κ1) is 14.1. The minimum absolute atomic E-state index is 0.363. The summed E-state index contributed by atoms with van der Waals surface area (Å²) >= 11 is 6.91. The highest BCUT2D eigenvalue weighted by atomic mass is 79.9. The van der Waals surface area contributed by atoms with E-state index in [-0.39, 0.29) is 0 Å². The Labute approximate surface area is 135 Å². The molecular formula is C16H14Br2O2. The van der Waals surface area contributed by atoms with Crippen molar-refractivity contribution in [2.75, 3.05) is 0 Å². The molecule has 0 saturated heterocycles. The zero-order valence-corrected chi connectivity index (χ0v) is 13.9. The van der Waals surface area contributed by atoms with Crippen molar-refractivity contribution in [2.24, 2.45) is 0 Å². The van der Waals surface area contributed by atoms with Crippen molar-refractivity contribution < 1.29 is 9.84 Å². The first-order valence-electron chi connectivity index (χ1n) is 6.53. The van der Waals surface area contributed by atoms with Crippen molar-refractivity contribution in [3.05, 3.63) is 62.5 Å². The highest BCUT2D eigenvalue weighted by Crippen LogP contribution is 2.33. The molecule has 0 bridgehead atoms. The van der Waals surface area contributed by atoms with Crippen LogP contribution in [0.3, 0.4) is 0 Å². The average Bonchev–Trinajstić information content (AvgIpc) is 3.22. The molecule has 2 nitrogen and oxygen atoms in total. The summed E-state index contributed by atoms with van der Waals surface area (Å²) in [6, 6.07) is 13.5. The first-order valence-corrected chi connectivity index (χ1v) is 8.12. The van der Waals surface area contributed by atoms with Gasteiger partial charge in [0.1, 0.15) is 11.9 Å². The maximum absolute atomic E-state index is 10.5. The fourth-order valence-corrected chi connectivity index (χ4v) is 3.30. The molecule has 1 unspecified atom stereocenters. The Balaban J connectivity index is 1.86. The van der Waals surface area contributed by atoms with Crippen molar-refractivity contribution in [1.29, 1.82) is 0 Å². The quantitative estimate of drug-likeness (QED) is 0.800. The maximum atomic E-state index is 10.5. The normalized spacial score (nSPS) is 15.9. The summed E-state index contributed by atoms with van der Waals surface area (Å²) in [6.07, 6.45) is 1.96. The van der Waals surface area contributed by atoms with Crippen molar-refractivity contribution in [3.8, 4) is 5.75 Å². The molecule has 1 N–H and O–H groups in total. The smallest absolute Gasteiger partial charge is 0.120 e. The summed E-state index contributed by atoms with van der Waals surface area (Å²) in [7, 11) is 0. The Bertz CT molecular complexity index is 624. The van der Waals surface area contributed by atoms with Crippen LogP contribution in [-0.2, 0) is 0 Å². The first-order chi connectivity index (χ1) is 9.63. The molecule has 0 amide bonds. The topological polar surface area (TPSA) is 29.5 Å². The van der Waals surface area contributed by atoms with Gasteiger partial charge in [-0.25, -0.2) is 0 Å². The van der Waals surface area contributed by atoms with Crippen molar-refractivity contribution in [2.45, 2.75) is 25.0 Å². The van der Waals surface area contributed by atoms with Crippen molar-refractivity contribution in [3.63, 3.8) is 0 Å². The molecule has 1 atom stereocenters. The molecule has 2 aromatic rings. The largest absolute Gasteiger partial charge is 0.490 e. The molecule has 0 heterocycles. The molecule has 20 heavy (non-hydrogen) atoms. The van der Waals surface area contributed by atoms with Gasteiger partial charge in [0.15, 0.2) is 0 Å². The van der Waals surface area contributed by atoms with E-state index in [0.717, 1.165) is 38.7 Å². The van der Waals surface area contributed by atoms with Gasteiger partial charge in [-0.15, -0.1) is 0 Å². The fraction of sp³-hybridized carbons (Fsp3) is 0.250. The fourth-order valence-electron chi connectivity index (χ4n) is 2.04. The van der Waals surface area contributed by atoms with Gasteiger partial charge in [-0.2, -0.15) is 0 Å². The molecule has 0 spiro atoms. The van der Waals surface area contributed by atoms with Gasteiger partial charge in [-0.05, 0) is 48.2 Å². The lowest BCUT2D eigenvalue weighted by atomic mass is 10.0. The van der Waals surface area contributed by atoms with Gasteiger partial charge in [0.25, 0.3) is 0 Å². The summed E-state index contributed by atoms with van der Waals surface area (Å²) in [6.45, 7) is 0. The number of hydrogen-bond acceptors (Lipinski definition) is 2. The molecule has 4 heteroatoms. The molecule has 1 saturated carbocycles. The summed E-state index contributed by atoms with van der Waals surface area (Å²) in [4.78, 5) is 0. The third kappa shape index (κ3) is 3.25. The van der Waals surface area contributed by atoms with Crippen molar-refractivity contribution in [1.82, 2.24) is 0 Å². The molecule has 1 aliphatic rings. The van der Waals surface area contributed by atoms with Crippen molar-refractivity contribution >= 4 is 31.9 Å². The van der Waals surface area contributed by atoms with Gasteiger partial charge >= 0.3 is 0 Å². The number of halogens is 2. The predicted octanol–water partition coefficient (Wildman–Crippen LogP) is 4.83. The zero-order valence-electron chi connectivity index (χ0n) is 10.7. The predicted molar refractivity (Wildman–Crippen MR) is 86.0 cm³/mol. The number of aliphatic hydroxyl groups is 1. The van der Waals surface area contributed by atoms with E-state index in [1.807, 2.05) is 42.5 Å². The minimum Gasteiger partial charge on any atom is -0.490 e. The minimum atomic E-state index is -0.666. The Kier molecular flexibility index (Phi) is 4.15. The van der Waals surface area contributed by atoms with Crippen LogP contribution in [0.5, 0.6) is 5.75 Å². The van der Waals surface area contributed by atoms with E-state index in [1.54, 1.807) is 0 Å². The van der Waals surface area contributed by atoms with E-state index < -0.39 is 6.10 Å². The Morgan fingerprint density at radius 1 is 1.10 bits per heavy atom. The molecule has 0 aromatic heterocycles. The third-order valence-electron chi connectivity index (χ3n) is 3.26. The van der Waals surface area contributed by atoms with E-state index in [1.165, 1.54) is 0 Å².